The van der Waals surface area contributed by atoms with Gasteiger partial charge in [-0.05, 0) is 84.9 Å². The van der Waals surface area contributed by atoms with Gasteiger partial charge < -0.3 is 20.1 Å². The molecule has 0 saturated carbocycles. The first-order valence-corrected chi connectivity index (χ1v) is 13.0. The lowest BCUT2D eigenvalue weighted by atomic mass is 9.74. The number of carbonyl (C=O) groups is 1. The van der Waals surface area contributed by atoms with E-state index in [1.165, 1.54) is 0 Å². The molecule has 1 atom stereocenters. The van der Waals surface area contributed by atoms with E-state index in [-0.39, 0.29) is 29.2 Å². The van der Waals surface area contributed by atoms with Gasteiger partial charge >= 0.3 is 0 Å². The van der Waals surface area contributed by atoms with Crippen molar-refractivity contribution >= 4 is 5.78 Å². The highest BCUT2D eigenvalue weighted by Crippen LogP contribution is 2.50. The molecule has 0 amide bonds. The molecule has 0 spiro atoms. The average molecular weight is 517 g/mol. The summed E-state index contributed by atoms with van der Waals surface area (Å²) < 4.78 is 6.14. The lowest BCUT2D eigenvalue weighted by Crippen LogP contribution is -2.25. The van der Waals surface area contributed by atoms with Crippen molar-refractivity contribution in [2.24, 2.45) is 0 Å². The number of benzene rings is 2. The fraction of sp³-hybridized carbons (Fsp3) is 0.364. The monoisotopic (exact) mass is 516 g/mol. The third-order valence-corrected chi connectivity index (χ3v) is 6.83. The number of carbonyl (C=O) groups excluding carboxylic acids is 1. The number of allylic oxidation sites excluding steroid dienone is 6. The van der Waals surface area contributed by atoms with Gasteiger partial charge in [-0.3, -0.25) is 4.79 Å². The highest BCUT2D eigenvalue weighted by Gasteiger charge is 2.40. The molecule has 1 aliphatic rings. The molecule has 1 aliphatic carbocycles. The van der Waals surface area contributed by atoms with Gasteiger partial charge in [0.15, 0.2) is 0 Å². The summed E-state index contributed by atoms with van der Waals surface area (Å²) in [7, 11) is 0. The summed E-state index contributed by atoms with van der Waals surface area (Å²) in [6.45, 7) is 17.7. The lowest BCUT2D eigenvalue weighted by Gasteiger charge is -2.32. The van der Waals surface area contributed by atoms with Crippen LogP contribution in [0.4, 0.5) is 0 Å². The fourth-order valence-electron chi connectivity index (χ4n) is 4.95. The maximum Gasteiger partial charge on any atom is 0.201 e. The summed E-state index contributed by atoms with van der Waals surface area (Å²) in [6, 6.07) is 1.56. The van der Waals surface area contributed by atoms with Crippen LogP contribution in [0.3, 0.4) is 0 Å². The van der Waals surface area contributed by atoms with Crippen molar-refractivity contribution in [2.45, 2.75) is 73.8 Å². The molecular weight excluding hydrogens is 476 g/mol. The van der Waals surface area contributed by atoms with Crippen molar-refractivity contribution in [1.82, 2.24) is 0 Å². The molecule has 1 unspecified atom stereocenters. The van der Waals surface area contributed by atoms with E-state index < -0.39 is 11.9 Å². The number of ketones is 1. The Morgan fingerprint density at radius 3 is 1.89 bits per heavy atom. The number of phenols is 2. The molecule has 2 aromatic carbocycles. The highest BCUT2D eigenvalue weighted by molar-refractivity contribution is 6.16. The Morgan fingerprint density at radius 1 is 0.868 bits per heavy atom. The number of hydrogen-bond donors (Lipinski definition) is 3. The number of aliphatic hydroxyl groups excluding tert-OH is 1. The van der Waals surface area contributed by atoms with Crippen molar-refractivity contribution in [2.75, 3.05) is 6.61 Å². The fourth-order valence-corrected chi connectivity index (χ4v) is 4.95. The van der Waals surface area contributed by atoms with Gasteiger partial charge in [0.25, 0.3) is 0 Å². The quantitative estimate of drug-likeness (QED) is 0.309. The Labute approximate surface area is 226 Å². The Balaban J connectivity index is 2.47. The molecule has 3 N–H and O–H groups in total. The summed E-state index contributed by atoms with van der Waals surface area (Å²) in [5.41, 5.74) is 6.73. The summed E-state index contributed by atoms with van der Waals surface area (Å²) >= 11 is 0. The van der Waals surface area contributed by atoms with E-state index in [4.69, 9.17) is 4.74 Å². The van der Waals surface area contributed by atoms with Crippen LogP contribution >= 0.6 is 0 Å². The third kappa shape index (κ3) is 5.63. The first-order chi connectivity index (χ1) is 17.9. The smallest absolute Gasteiger partial charge is 0.201 e. The van der Waals surface area contributed by atoms with E-state index in [1.807, 2.05) is 66.7 Å². The highest BCUT2D eigenvalue weighted by atomic mass is 16.5. The van der Waals surface area contributed by atoms with E-state index in [2.05, 4.69) is 6.58 Å². The second kappa shape index (κ2) is 11.9. The number of aliphatic hydroxyl groups is 1. The van der Waals surface area contributed by atoms with Crippen LogP contribution < -0.4 is 4.74 Å². The molecule has 0 aliphatic heterocycles. The zero-order chi connectivity index (χ0) is 28.3. The van der Waals surface area contributed by atoms with Gasteiger partial charge in [-0.15, -0.1) is 0 Å². The maximum absolute atomic E-state index is 14.1. The summed E-state index contributed by atoms with van der Waals surface area (Å²) in [4.78, 5) is 14.1. The first-order valence-electron chi connectivity index (χ1n) is 13.0. The predicted octanol–water partition coefficient (Wildman–Crippen LogP) is 7.12. The van der Waals surface area contributed by atoms with Crippen LogP contribution in [-0.4, -0.2) is 27.7 Å². The molecule has 0 aromatic heterocycles. The number of rotatable bonds is 9. The topological polar surface area (TPSA) is 87.0 Å². The van der Waals surface area contributed by atoms with Gasteiger partial charge in [0, 0.05) is 22.3 Å². The Bertz CT molecular complexity index is 1360. The Morgan fingerprint density at radius 2 is 1.37 bits per heavy atom. The van der Waals surface area contributed by atoms with Crippen molar-refractivity contribution in [3.63, 3.8) is 0 Å². The average Bonchev–Trinajstić information content (AvgIpc) is 2.82. The minimum absolute atomic E-state index is 0.0255. The first kappa shape index (κ1) is 29.0. The second-order valence-corrected chi connectivity index (χ2v) is 10.7. The largest absolute Gasteiger partial charge is 0.507 e. The minimum Gasteiger partial charge on any atom is -0.507 e. The maximum atomic E-state index is 14.1. The number of ether oxygens (including phenoxy) is 1. The third-order valence-electron chi connectivity index (χ3n) is 6.83. The van der Waals surface area contributed by atoms with Crippen LogP contribution in [0.5, 0.6) is 17.2 Å². The van der Waals surface area contributed by atoms with E-state index in [1.54, 1.807) is 12.1 Å². The van der Waals surface area contributed by atoms with Crippen LogP contribution in [0, 0.1) is 6.92 Å². The van der Waals surface area contributed by atoms with E-state index >= 15 is 0 Å². The zero-order valence-electron chi connectivity index (χ0n) is 23.7. The summed E-state index contributed by atoms with van der Waals surface area (Å²) in [5.74, 6) is -0.468. The molecule has 38 heavy (non-hydrogen) atoms. The normalized spacial score (nSPS) is 13.8. The van der Waals surface area contributed by atoms with Crippen molar-refractivity contribution in [3.8, 4) is 17.2 Å². The van der Waals surface area contributed by atoms with Gasteiger partial charge in [0.1, 0.15) is 30.0 Å². The van der Waals surface area contributed by atoms with Crippen LogP contribution in [0.15, 0.2) is 53.7 Å². The summed E-state index contributed by atoms with van der Waals surface area (Å²) in [5, 5.41) is 34.4. The van der Waals surface area contributed by atoms with Crippen LogP contribution in [0.2, 0.25) is 0 Å². The van der Waals surface area contributed by atoms with Gasteiger partial charge in [-0.25, -0.2) is 0 Å². The van der Waals surface area contributed by atoms with Gasteiger partial charge in [-0.1, -0.05) is 47.6 Å². The van der Waals surface area contributed by atoms with Crippen molar-refractivity contribution in [3.05, 3.63) is 98.2 Å². The van der Waals surface area contributed by atoms with Gasteiger partial charge in [0.05, 0.1) is 11.1 Å². The lowest BCUT2D eigenvalue weighted by molar-refractivity contribution is 0.101. The molecule has 202 valence electrons. The molecule has 0 saturated heterocycles. The van der Waals surface area contributed by atoms with Crippen molar-refractivity contribution < 1.29 is 24.9 Å². The number of fused-ring (bicyclic) bond motifs is 2. The molecule has 0 bridgehead atoms. The van der Waals surface area contributed by atoms with Crippen LogP contribution in [0.1, 0.15) is 96.9 Å². The van der Waals surface area contributed by atoms with E-state index in [0.717, 1.165) is 27.8 Å². The molecule has 5 nitrogen and oxygen atoms in total. The Kier molecular flexibility index (Phi) is 9.05. The van der Waals surface area contributed by atoms with Crippen molar-refractivity contribution in [1.29, 1.82) is 0 Å². The van der Waals surface area contributed by atoms with Gasteiger partial charge in [0.2, 0.25) is 5.78 Å². The minimum atomic E-state index is -1.24. The van der Waals surface area contributed by atoms with Crippen LogP contribution in [0.25, 0.3) is 0 Å². The van der Waals surface area contributed by atoms with E-state index in [9.17, 15) is 20.1 Å². The zero-order valence-corrected chi connectivity index (χ0v) is 23.7. The molecular formula is C33H40O5. The number of aryl methyl sites for hydroxylation is 1. The standard InChI is InChI=1S/C33H40O5/c1-9-16-38-33-23(14-11-19(4)5)27-29(30(35)24(33)15-12-20(6)7)32(37)28-25(34)17-21(8)22(13-10-18(2)3)26(28)31(27)36/h9-12,17,31,34-36H,1,13-16H2,2-8H3. The molecule has 2 aromatic rings. The Hall–Kier alpha value is -3.57. The second-order valence-electron chi connectivity index (χ2n) is 10.7. The van der Waals surface area contributed by atoms with E-state index in [0.29, 0.717) is 47.3 Å². The predicted molar refractivity (Wildman–Crippen MR) is 154 cm³/mol. The number of hydrogen-bond acceptors (Lipinski definition) is 5. The molecule has 0 radical (unpaired) electrons. The summed E-state index contributed by atoms with van der Waals surface area (Å²) in [6.07, 6.45) is 7.66. The van der Waals surface area contributed by atoms with Gasteiger partial charge in [-0.2, -0.15) is 0 Å². The SMILES string of the molecule is C=CCOc1c(CC=C(C)C)c(O)c2c(c1CC=C(C)C)C(O)c1c(CC=C(C)C)c(C)cc(O)c1C2=O. The molecule has 3 rings (SSSR count). The number of aromatic hydroxyl groups is 2. The van der Waals surface area contributed by atoms with Crippen LogP contribution in [-0.2, 0) is 19.3 Å². The number of phenolic OH excluding ortho intramolecular Hbond substituents is 2. The molecule has 5 heteroatoms. The molecule has 0 heterocycles. The molecule has 0 fully saturated rings.